The van der Waals surface area contributed by atoms with Crippen molar-refractivity contribution < 1.29 is 9.18 Å². The number of anilines is 1. The monoisotopic (exact) mass is 154 g/mol. The third kappa shape index (κ3) is 1.53. The van der Waals surface area contributed by atoms with Crippen molar-refractivity contribution in [3.8, 4) is 0 Å². The van der Waals surface area contributed by atoms with E-state index in [9.17, 15) is 9.18 Å². The molecule has 0 atom stereocenters. The Balaban J connectivity index is 3.09. The minimum atomic E-state index is -0.574. The SMILES string of the molecule is NNc1ccc(C=O)c(F)c1. The van der Waals surface area contributed by atoms with Crippen LogP contribution >= 0.6 is 0 Å². The molecule has 0 spiro atoms. The van der Waals surface area contributed by atoms with Crippen molar-refractivity contribution in [2.45, 2.75) is 0 Å². The van der Waals surface area contributed by atoms with E-state index in [-0.39, 0.29) is 5.56 Å². The van der Waals surface area contributed by atoms with Crippen LogP contribution in [0, 0.1) is 5.82 Å². The second-order valence-corrected chi connectivity index (χ2v) is 2.00. The Bertz CT molecular complexity index is 275. The van der Waals surface area contributed by atoms with Crippen LogP contribution in [0.25, 0.3) is 0 Å². The molecule has 3 N–H and O–H groups in total. The number of hydrogen-bond acceptors (Lipinski definition) is 3. The smallest absolute Gasteiger partial charge is 0.152 e. The van der Waals surface area contributed by atoms with Crippen LogP contribution in [0.2, 0.25) is 0 Å². The number of hydrazine groups is 1. The topological polar surface area (TPSA) is 55.1 Å². The van der Waals surface area contributed by atoms with Gasteiger partial charge in [0, 0.05) is 0 Å². The summed E-state index contributed by atoms with van der Waals surface area (Å²) in [7, 11) is 0. The average molecular weight is 154 g/mol. The number of benzene rings is 1. The van der Waals surface area contributed by atoms with Crippen molar-refractivity contribution in [1.29, 1.82) is 0 Å². The van der Waals surface area contributed by atoms with Crippen molar-refractivity contribution >= 4 is 12.0 Å². The van der Waals surface area contributed by atoms with Crippen LogP contribution in [0.1, 0.15) is 10.4 Å². The van der Waals surface area contributed by atoms with Gasteiger partial charge >= 0.3 is 0 Å². The molecule has 0 amide bonds. The third-order valence-electron chi connectivity index (χ3n) is 1.29. The van der Waals surface area contributed by atoms with E-state index in [0.717, 1.165) is 6.07 Å². The van der Waals surface area contributed by atoms with E-state index in [1.54, 1.807) is 0 Å². The number of nitrogens with two attached hydrogens (primary N) is 1. The largest absolute Gasteiger partial charge is 0.324 e. The summed E-state index contributed by atoms with van der Waals surface area (Å²) < 4.78 is 12.7. The summed E-state index contributed by atoms with van der Waals surface area (Å²) in [5, 5.41) is 0. The summed E-state index contributed by atoms with van der Waals surface area (Å²) in [6.07, 6.45) is 0.454. The van der Waals surface area contributed by atoms with E-state index < -0.39 is 5.82 Å². The van der Waals surface area contributed by atoms with Gasteiger partial charge in [-0.05, 0) is 18.2 Å². The Morgan fingerprint density at radius 1 is 1.55 bits per heavy atom. The fourth-order valence-electron chi connectivity index (χ4n) is 0.712. The molecule has 0 aliphatic carbocycles. The summed E-state index contributed by atoms with van der Waals surface area (Å²) in [6, 6.07) is 4.04. The molecule has 11 heavy (non-hydrogen) atoms. The van der Waals surface area contributed by atoms with Gasteiger partial charge in [0.2, 0.25) is 0 Å². The Morgan fingerprint density at radius 2 is 2.27 bits per heavy atom. The second kappa shape index (κ2) is 3.12. The number of nitrogens with one attached hydrogen (secondary N) is 1. The zero-order valence-electron chi connectivity index (χ0n) is 5.67. The first-order valence-corrected chi connectivity index (χ1v) is 2.99. The Kier molecular flexibility index (Phi) is 2.18. The normalized spacial score (nSPS) is 9.27. The number of carbonyl (C=O) groups is 1. The van der Waals surface area contributed by atoms with Crippen LogP contribution in [-0.2, 0) is 0 Å². The molecule has 1 aromatic carbocycles. The van der Waals surface area contributed by atoms with Crippen LogP contribution in [-0.4, -0.2) is 6.29 Å². The van der Waals surface area contributed by atoms with E-state index in [4.69, 9.17) is 5.84 Å². The van der Waals surface area contributed by atoms with E-state index >= 15 is 0 Å². The van der Waals surface area contributed by atoms with Crippen molar-refractivity contribution in [2.24, 2.45) is 5.84 Å². The Hall–Kier alpha value is -1.42. The lowest BCUT2D eigenvalue weighted by molar-refractivity contribution is 0.112. The standard InChI is InChI=1S/C7H7FN2O/c8-7-3-6(10-9)2-1-5(7)4-11/h1-4,10H,9H2. The summed E-state index contributed by atoms with van der Waals surface area (Å²) in [6.45, 7) is 0. The lowest BCUT2D eigenvalue weighted by Gasteiger charge is -1.99. The maximum absolute atomic E-state index is 12.7. The predicted molar refractivity (Wildman–Crippen MR) is 39.6 cm³/mol. The molecule has 0 heterocycles. The van der Waals surface area contributed by atoms with E-state index in [0.29, 0.717) is 12.0 Å². The number of nitrogen functional groups attached to an aromatic ring is 1. The van der Waals surface area contributed by atoms with Crippen LogP contribution in [0.5, 0.6) is 0 Å². The molecule has 0 bridgehead atoms. The fraction of sp³-hybridized carbons (Fsp3) is 0. The summed E-state index contributed by atoms with van der Waals surface area (Å²) in [4.78, 5) is 10.1. The molecule has 4 heteroatoms. The molecule has 3 nitrogen and oxygen atoms in total. The molecular formula is C7H7FN2O. The van der Waals surface area contributed by atoms with Gasteiger partial charge in [-0.3, -0.25) is 10.6 Å². The van der Waals surface area contributed by atoms with Gasteiger partial charge in [-0.2, -0.15) is 0 Å². The zero-order valence-corrected chi connectivity index (χ0v) is 5.67. The first kappa shape index (κ1) is 7.68. The first-order valence-electron chi connectivity index (χ1n) is 2.99. The highest BCUT2D eigenvalue weighted by molar-refractivity contribution is 5.76. The molecule has 58 valence electrons. The van der Waals surface area contributed by atoms with Gasteiger partial charge in [0.1, 0.15) is 5.82 Å². The fourth-order valence-corrected chi connectivity index (χ4v) is 0.712. The highest BCUT2D eigenvalue weighted by atomic mass is 19.1. The minimum absolute atomic E-state index is 0.0315. The maximum Gasteiger partial charge on any atom is 0.152 e. The van der Waals surface area contributed by atoms with Crippen molar-refractivity contribution in [3.63, 3.8) is 0 Å². The molecular weight excluding hydrogens is 147 g/mol. The van der Waals surface area contributed by atoms with E-state index in [1.807, 2.05) is 0 Å². The number of hydrogen-bond donors (Lipinski definition) is 2. The molecule has 0 fully saturated rings. The number of aldehydes is 1. The molecule has 0 saturated carbocycles. The Labute approximate surface area is 63.0 Å². The van der Waals surface area contributed by atoms with Gasteiger partial charge in [0.25, 0.3) is 0 Å². The van der Waals surface area contributed by atoms with Crippen molar-refractivity contribution in [2.75, 3.05) is 5.43 Å². The van der Waals surface area contributed by atoms with Crippen LogP contribution in [0.4, 0.5) is 10.1 Å². The zero-order chi connectivity index (χ0) is 8.27. The molecule has 1 rings (SSSR count). The maximum atomic E-state index is 12.7. The summed E-state index contributed by atoms with van der Waals surface area (Å²) >= 11 is 0. The number of carbonyl (C=O) groups excluding carboxylic acids is 1. The molecule has 0 radical (unpaired) electrons. The molecule has 0 aliphatic heterocycles. The minimum Gasteiger partial charge on any atom is -0.324 e. The van der Waals surface area contributed by atoms with E-state index in [1.165, 1.54) is 12.1 Å². The summed E-state index contributed by atoms with van der Waals surface area (Å²) in [5.41, 5.74) is 2.73. The lowest BCUT2D eigenvalue weighted by Crippen LogP contribution is -2.07. The van der Waals surface area contributed by atoms with Crippen LogP contribution in [0.3, 0.4) is 0 Å². The predicted octanol–water partition coefficient (Wildman–Crippen LogP) is 0.924. The highest BCUT2D eigenvalue weighted by Crippen LogP contribution is 2.11. The van der Waals surface area contributed by atoms with Crippen molar-refractivity contribution in [1.82, 2.24) is 0 Å². The van der Waals surface area contributed by atoms with Gasteiger partial charge in [-0.15, -0.1) is 0 Å². The number of halogens is 1. The number of rotatable bonds is 2. The highest BCUT2D eigenvalue weighted by Gasteiger charge is 1.99. The Morgan fingerprint density at radius 3 is 2.73 bits per heavy atom. The molecule has 1 aromatic rings. The van der Waals surface area contributed by atoms with Gasteiger partial charge < -0.3 is 5.43 Å². The van der Waals surface area contributed by atoms with Gasteiger partial charge in [-0.1, -0.05) is 0 Å². The van der Waals surface area contributed by atoms with Crippen LogP contribution in [0.15, 0.2) is 18.2 Å². The lowest BCUT2D eigenvalue weighted by atomic mass is 10.2. The van der Waals surface area contributed by atoms with E-state index in [2.05, 4.69) is 5.43 Å². The summed E-state index contributed by atoms with van der Waals surface area (Å²) in [5.74, 6) is 4.43. The van der Waals surface area contributed by atoms with Crippen molar-refractivity contribution in [3.05, 3.63) is 29.6 Å². The quantitative estimate of drug-likeness (QED) is 0.378. The van der Waals surface area contributed by atoms with Gasteiger partial charge in [0.05, 0.1) is 11.3 Å². The molecule has 0 aliphatic rings. The average Bonchev–Trinajstić information content (AvgIpc) is 2.04. The van der Waals surface area contributed by atoms with Gasteiger partial charge in [-0.25, -0.2) is 4.39 Å². The third-order valence-corrected chi connectivity index (χ3v) is 1.29. The second-order valence-electron chi connectivity index (χ2n) is 2.00. The molecule has 0 saturated heterocycles. The van der Waals surface area contributed by atoms with Gasteiger partial charge in [0.15, 0.2) is 6.29 Å². The molecule has 0 unspecified atom stereocenters. The molecule has 0 aromatic heterocycles. The first-order chi connectivity index (χ1) is 5.27. The van der Waals surface area contributed by atoms with Crippen LogP contribution < -0.4 is 11.3 Å².